The Labute approximate surface area is 156 Å². The van der Waals surface area contributed by atoms with Gasteiger partial charge in [-0.1, -0.05) is 18.7 Å². The molecule has 6 nitrogen and oxygen atoms in total. The number of nitrogens with zero attached hydrogens (tertiary/aromatic N) is 4. The van der Waals surface area contributed by atoms with E-state index in [1.807, 2.05) is 13.0 Å². The van der Waals surface area contributed by atoms with Gasteiger partial charge in [-0.3, -0.25) is 14.8 Å². The first-order valence-corrected chi connectivity index (χ1v) is 8.13. The number of allylic oxidation sites excluding steroid dienone is 2. The van der Waals surface area contributed by atoms with E-state index in [-0.39, 0.29) is 17.0 Å². The van der Waals surface area contributed by atoms with Gasteiger partial charge in [0.15, 0.2) is 5.78 Å². The van der Waals surface area contributed by atoms with Crippen LogP contribution in [0.1, 0.15) is 11.3 Å². The van der Waals surface area contributed by atoms with Crippen molar-refractivity contribution in [2.75, 3.05) is 5.01 Å². The predicted octanol–water partition coefficient (Wildman–Crippen LogP) is 3.19. The van der Waals surface area contributed by atoms with Crippen molar-refractivity contribution < 1.29 is 9.18 Å². The van der Waals surface area contributed by atoms with Gasteiger partial charge in [0.25, 0.3) is 0 Å². The highest BCUT2D eigenvalue weighted by molar-refractivity contribution is 6.25. The fourth-order valence-electron chi connectivity index (χ4n) is 2.49. The van der Waals surface area contributed by atoms with Crippen LogP contribution in [0, 0.1) is 12.7 Å². The summed E-state index contributed by atoms with van der Waals surface area (Å²) in [5.41, 5.74) is 2.39. The van der Waals surface area contributed by atoms with Crippen molar-refractivity contribution in [1.82, 2.24) is 14.8 Å². The summed E-state index contributed by atoms with van der Waals surface area (Å²) in [5, 5.41) is 5.39. The summed E-state index contributed by atoms with van der Waals surface area (Å²) < 4.78 is 15.4. The van der Waals surface area contributed by atoms with Crippen LogP contribution in [0.5, 0.6) is 0 Å². The lowest BCUT2D eigenvalue weighted by Gasteiger charge is -2.13. The maximum absolute atomic E-state index is 14.1. The highest BCUT2D eigenvalue weighted by Crippen LogP contribution is 2.20. The third-order valence-electron chi connectivity index (χ3n) is 3.88. The van der Waals surface area contributed by atoms with Crippen molar-refractivity contribution in [2.45, 2.75) is 6.92 Å². The van der Waals surface area contributed by atoms with Crippen LogP contribution in [-0.4, -0.2) is 20.5 Å². The molecule has 0 aliphatic rings. The summed E-state index contributed by atoms with van der Waals surface area (Å²) in [7, 11) is 0. The third kappa shape index (κ3) is 3.99. The SMILES string of the molecule is C=C(C(=O)/C=C\N(N)c1cncc(C)c1)c1ccnn1-c1ccccc1F. The quantitative estimate of drug-likeness (QED) is 0.413. The van der Waals surface area contributed by atoms with Gasteiger partial charge in [-0.2, -0.15) is 5.10 Å². The van der Waals surface area contributed by atoms with Crippen molar-refractivity contribution in [3.63, 3.8) is 0 Å². The Morgan fingerprint density at radius 3 is 2.81 bits per heavy atom. The topological polar surface area (TPSA) is 77.0 Å². The monoisotopic (exact) mass is 363 g/mol. The van der Waals surface area contributed by atoms with Gasteiger partial charge in [-0.05, 0) is 36.8 Å². The van der Waals surface area contributed by atoms with Gasteiger partial charge in [0.05, 0.1) is 23.8 Å². The molecule has 0 aliphatic heterocycles. The van der Waals surface area contributed by atoms with E-state index >= 15 is 0 Å². The number of hydrazine groups is 1. The minimum absolute atomic E-state index is 0.169. The molecule has 0 saturated heterocycles. The lowest BCUT2D eigenvalue weighted by Crippen LogP contribution is -2.24. The summed E-state index contributed by atoms with van der Waals surface area (Å²) in [4.78, 5) is 16.5. The number of halogens is 1. The number of ketones is 1. The molecule has 0 bridgehead atoms. The number of aryl methyl sites for hydroxylation is 1. The highest BCUT2D eigenvalue weighted by Gasteiger charge is 2.15. The Balaban J connectivity index is 1.80. The molecule has 0 aliphatic carbocycles. The maximum atomic E-state index is 14.1. The van der Waals surface area contributed by atoms with Gasteiger partial charge in [0.1, 0.15) is 11.5 Å². The molecule has 0 amide bonds. The lowest BCUT2D eigenvalue weighted by molar-refractivity contribution is -0.109. The second-order valence-corrected chi connectivity index (χ2v) is 5.87. The van der Waals surface area contributed by atoms with E-state index in [9.17, 15) is 9.18 Å². The molecule has 0 fully saturated rings. The molecule has 3 aromatic rings. The van der Waals surface area contributed by atoms with Crippen LogP contribution in [0.3, 0.4) is 0 Å². The zero-order valence-electron chi connectivity index (χ0n) is 14.7. The summed E-state index contributed by atoms with van der Waals surface area (Å²) >= 11 is 0. The summed E-state index contributed by atoms with van der Waals surface area (Å²) in [6.45, 7) is 5.72. The van der Waals surface area contributed by atoms with E-state index in [2.05, 4.69) is 16.7 Å². The fourth-order valence-corrected chi connectivity index (χ4v) is 2.49. The van der Waals surface area contributed by atoms with Gasteiger partial charge in [-0.25, -0.2) is 14.9 Å². The average molecular weight is 363 g/mol. The molecule has 7 heteroatoms. The van der Waals surface area contributed by atoms with E-state index in [1.165, 1.54) is 34.2 Å². The third-order valence-corrected chi connectivity index (χ3v) is 3.88. The Hall–Kier alpha value is -3.58. The minimum Gasteiger partial charge on any atom is -0.289 e. The maximum Gasteiger partial charge on any atom is 0.188 e. The Morgan fingerprint density at radius 2 is 2.07 bits per heavy atom. The van der Waals surface area contributed by atoms with Crippen LogP contribution in [0.25, 0.3) is 11.3 Å². The van der Waals surface area contributed by atoms with Crippen molar-refractivity contribution in [3.05, 3.63) is 90.9 Å². The van der Waals surface area contributed by atoms with Gasteiger partial charge < -0.3 is 0 Å². The van der Waals surface area contributed by atoms with Crippen LogP contribution >= 0.6 is 0 Å². The Bertz CT molecular complexity index is 1020. The first-order chi connectivity index (χ1) is 13.0. The van der Waals surface area contributed by atoms with Crippen LogP contribution in [-0.2, 0) is 4.79 Å². The predicted molar refractivity (Wildman–Crippen MR) is 102 cm³/mol. The zero-order valence-corrected chi connectivity index (χ0v) is 14.7. The fraction of sp³-hybridized carbons (Fsp3) is 0.0500. The van der Waals surface area contributed by atoms with Crippen molar-refractivity contribution >= 4 is 17.0 Å². The second kappa shape index (κ2) is 7.76. The first-order valence-electron chi connectivity index (χ1n) is 8.13. The number of pyridine rings is 1. The number of para-hydroxylation sites is 1. The van der Waals surface area contributed by atoms with E-state index in [4.69, 9.17) is 5.84 Å². The number of carbonyl (C=O) groups excluding carboxylic acids is 1. The molecule has 2 N–H and O–H groups in total. The lowest BCUT2D eigenvalue weighted by atomic mass is 10.1. The van der Waals surface area contributed by atoms with Gasteiger partial charge in [0.2, 0.25) is 0 Å². The molecule has 136 valence electrons. The molecule has 0 spiro atoms. The van der Waals surface area contributed by atoms with E-state index in [0.717, 1.165) is 5.56 Å². The first kappa shape index (κ1) is 18.2. The van der Waals surface area contributed by atoms with Crippen molar-refractivity contribution in [3.8, 4) is 5.69 Å². The number of aromatic nitrogens is 3. The van der Waals surface area contributed by atoms with Crippen molar-refractivity contribution in [1.29, 1.82) is 0 Å². The number of rotatable bonds is 6. The standard InChI is InChI=1S/C20H18FN5O/c1-14-11-16(13-23-12-14)25(22)10-8-20(27)15(2)18-7-9-24-26(18)19-6-4-3-5-17(19)21/h3-13H,2,22H2,1H3/b10-8-. The molecule has 0 unspecified atom stereocenters. The number of benzene rings is 1. The second-order valence-electron chi connectivity index (χ2n) is 5.87. The van der Waals surface area contributed by atoms with Crippen LogP contribution in [0.2, 0.25) is 0 Å². The molecule has 27 heavy (non-hydrogen) atoms. The van der Waals surface area contributed by atoms with Crippen molar-refractivity contribution in [2.24, 2.45) is 5.84 Å². The summed E-state index contributed by atoms with van der Waals surface area (Å²) in [6.07, 6.45) is 7.50. The molecule has 0 atom stereocenters. The van der Waals surface area contributed by atoms with Gasteiger partial charge in [0, 0.05) is 24.0 Å². The summed E-state index contributed by atoms with van der Waals surface area (Å²) in [6, 6.07) is 9.62. The number of nitrogens with two attached hydrogens (primary N) is 1. The largest absolute Gasteiger partial charge is 0.289 e. The van der Waals surface area contributed by atoms with E-state index in [1.54, 1.807) is 36.7 Å². The van der Waals surface area contributed by atoms with E-state index < -0.39 is 5.82 Å². The van der Waals surface area contributed by atoms with Crippen LogP contribution < -0.4 is 10.9 Å². The van der Waals surface area contributed by atoms with Crippen LogP contribution in [0.4, 0.5) is 10.1 Å². The molecular weight excluding hydrogens is 345 g/mol. The smallest absolute Gasteiger partial charge is 0.188 e. The molecule has 1 aromatic carbocycles. The van der Waals surface area contributed by atoms with Gasteiger partial charge >= 0.3 is 0 Å². The molecule has 0 saturated carbocycles. The molecular formula is C20H18FN5O. The minimum atomic E-state index is -0.446. The molecule has 0 radical (unpaired) electrons. The van der Waals surface area contributed by atoms with Gasteiger partial charge in [-0.15, -0.1) is 0 Å². The Kier molecular flexibility index (Phi) is 5.23. The summed E-state index contributed by atoms with van der Waals surface area (Å²) in [5.74, 6) is 5.11. The average Bonchev–Trinajstić information content (AvgIpc) is 3.15. The number of carbonyl (C=O) groups is 1. The molecule has 3 rings (SSSR count). The number of hydrogen-bond donors (Lipinski definition) is 1. The number of hydrogen-bond acceptors (Lipinski definition) is 5. The van der Waals surface area contributed by atoms with E-state index in [0.29, 0.717) is 11.4 Å². The number of anilines is 1. The van der Waals surface area contributed by atoms with Crippen LogP contribution in [0.15, 0.2) is 73.8 Å². The zero-order chi connectivity index (χ0) is 19.4. The molecule has 2 heterocycles. The normalized spacial score (nSPS) is 10.9. The molecule has 2 aromatic heterocycles. The highest BCUT2D eigenvalue weighted by atomic mass is 19.1. The Morgan fingerprint density at radius 1 is 1.30 bits per heavy atom.